The van der Waals surface area contributed by atoms with Gasteiger partial charge in [0.2, 0.25) is 0 Å². The number of anilines is 1. The van der Waals surface area contributed by atoms with E-state index in [0.29, 0.717) is 11.5 Å². The zero-order valence-corrected chi connectivity index (χ0v) is 14.7. The van der Waals surface area contributed by atoms with Crippen molar-refractivity contribution in [3.05, 3.63) is 71.5 Å². The minimum absolute atomic E-state index is 0.192. The normalized spacial score (nSPS) is 16.3. The van der Waals surface area contributed by atoms with E-state index in [-0.39, 0.29) is 6.04 Å². The first kappa shape index (κ1) is 15.5. The molecule has 0 fully saturated rings. The second kappa shape index (κ2) is 5.92. The molecule has 0 saturated heterocycles. The quantitative estimate of drug-likeness (QED) is 0.591. The van der Waals surface area contributed by atoms with Crippen LogP contribution in [0.15, 0.2) is 43.0 Å². The number of rotatable bonds is 2. The monoisotopic (exact) mass is 356 g/mol. The van der Waals surface area contributed by atoms with Gasteiger partial charge in [-0.1, -0.05) is 6.07 Å². The Labute approximate surface area is 155 Å². The summed E-state index contributed by atoms with van der Waals surface area (Å²) in [6, 6.07) is 10.0. The number of nitrogens with one attached hydrogen (secondary N) is 1. The van der Waals surface area contributed by atoms with E-state index in [1.807, 2.05) is 29.6 Å². The molecule has 1 N–H and O–H groups in total. The number of aromatic amines is 1. The fraction of sp³-hybridized carbons (Fsp3) is 0.211. The molecule has 0 aromatic carbocycles. The zero-order chi connectivity index (χ0) is 18.4. The molecule has 8 heteroatoms. The maximum Gasteiger partial charge on any atom is 0.161 e. The highest BCUT2D eigenvalue weighted by molar-refractivity contribution is 5.54. The number of H-pyrrole nitrogens is 1. The molecule has 4 aromatic rings. The van der Waals surface area contributed by atoms with Gasteiger partial charge in [0.15, 0.2) is 5.69 Å². The van der Waals surface area contributed by atoms with Crippen LogP contribution >= 0.6 is 0 Å². The molecule has 1 aliphatic rings. The van der Waals surface area contributed by atoms with Gasteiger partial charge in [0.25, 0.3) is 0 Å². The van der Waals surface area contributed by atoms with Gasteiger partial charge in [0, 0.05) is 24.4 Å². The molecule has 0 amide bonds. The van der Waals surface area contributed by atoms with Crippen molar-refractivity contribution in [2.45, 2.75) is 19.4 Å². The lowest BCUT2D eigenvalue weighted by molar-refractivity contribution is 0.608. The highest BCUT2D eigenvalue weighted by Crippen LogP contribution is 2.35. The van der Waals surface area contributed by atoms with Crippen LogP contribution in [0.25, 0.3) is 5.52 Å². The van der Waals surface area contributed by atoms with Crippen molar-refractivity contribution in [2.24, 2.45) is 0 Å². The van der Waals surface area contributed by atoms with Crippen molar-refractivity contribution >= 4 is 11.3 Å². The average Bonchev–Trinajstić information content (AvgIpc) is 3.34. The number of imidazole rings is 1. The first-order valence-electron chi connectivity index (χ1n) is 8.71. The first-order valence-corrected chi connectivity index (χ1v) is 8.71. The Kier molecular flexibility index (Phi) is 3.40. The van der Waals surface area contributed by atoms with Crippen LogP contribution in [0.2, 0.25) is 0 Å². The molecule has 4 aromatic heterocycles. The van der Waals surface area contributed by atoms with E-state index < -0.39 is 0 Å². The number of nitriles is 1. The highest BCUT2D eigenvalue weighted by Gasteiger charge is 2.34. The molecule has 8 nitrogen and oxygen atoms in total. The van der Waals surface area contributed by atoms with E-state index in [1.165, 1.54) is 6.20 Å². The Morgan fingerprint density at radius 2 is 2.22 bits per heavy atom. The van der Waals surface area contributed by atoms with Crippen LogP contribution in [0, 0.1) is 18.3 Å². The minimum atomic E-state index is -0.192. The largest absolute Gasteiger partial charge is 0.348 e. The molecule has 0 aliphatic carbocycles. The summed E-state index contributed by atoms with van der Waals surface area (Å²) < 4.78 is 1.94. The third kappa shape index (κ3) is 2.44. The van der Waals surface area contributed by atoms with E-state index in [1.54, 1.807) is 12.5 Å². The summed E-state index contributed by atoms with van der Waals surface area (Å²) in [5, 5.41) is 14.0. The number of fused-ring (bicyclic) bond motifs is 2. The van der Waals surface area contributed by atoms with Crippen LogP contribution in [-0.2, 0) is 6.42 Å². The van der Waals surface area contributed by atoms with Crippen LogP contribution in [0.5, 0.6) is 0 Å². The van der Waals surface area contributed by atoms with Gasteiger partial charge < -0.3 is 9.88 Å². The molecule has 0 saturated carbocycles. The Morgan fingerprint density at radius 3 is 3.07 bits per heavy atom. The third-order valence-electron chi connectivity index (χ3n) is 4.93. The fourth-order valence-electron chi connectivity index (χ4n) is 3.68. The number of nitrogens with zero attached hydrogens (tertiary/aromatic N) is 7. The smallest absolute Gasteiger partial charge is 0.161 e. The summed E-state index contributed by atoms with van der Waals surface area (Å²) in [5.41, 5.74) is 5.33. The molecular weight excluding hydrogens is 340 g/mol. The van der Waals surface area contributed by atoms with Gasteiger partial charge >= 0.3 is 0 Å². The van der Waals surface area contributed by atoms with Crippen molar-refractivity contribution in [3.8, 4) is 6.07 Å². The van der Waals surface area contributed by atoms with Crippen molar-refractivity contribution in [1.29, 1.82) is 5.26 Å². The summed E-state index contributed by atoms with van der Waals surface area (Å²) in [5.74, 6) is 0.654. The van der Waals surface area contributed by atoms with E-state index in [0.717, 1.165) is 41.3 Å². The molecule has 5 rings (SSSR count). The Balaban J connectivity index is 1.69. The summed E-state index contributed by atoms with van der Waals surface area (Å²) in [4.78, 5) is 18.5. The minimum Gasteiger partial charge on any atom is -0.348 e. The Hall–Kier alpha value is -3.73. The number of aryl methyl sites for hydroxylation is 1. The lowest BCUT2D eigenvalue weighted by Crippen LogP contribution is -2.37. The summed E-state index contributed by atoms with van der Waals surface area (Å²) in [7, 11) is 0. The maximum absolute atomic E-state index is 9.19. The molecule has 0 spiro atoms. The lowest BCUT2D eigenvalue weighted by atomic mass is 10.00. The van der Waals surface area contributed by atoms with Gasteiger partial charge in [-0.25, -0.2) is 14.5 Å². The molecule has 0 unspecified atom stereocenters. The third-order valence-corrected chi connectivity index (χ3v) is 4.93. The zero-order valence-electron chi connectivity index (χ0n) is 14.7. The van der Waals surface area contributed by atoms with Gasteiger partial charge in [-0.15, -0.1) is 0 Å². The van der Waals surface area contributed by atoms with E-state index in [2.05, 4.69) is 37.0 Å². The standard InChI is InChI=1S/C19H16N8/c1-12-3-2-4-14-7-16(25-27(12)14)19-18-15(22-11-23-18)5-6-26(19)17-10-21-9-13(8-20)24-17/h2-4,7,9-11,19H,5-6H2,1H3,(H,22,23)/t19-/m1/s1. The molecule has 27 heavy (non-hydrogen) atoms. The first-order chi connectivity index (χ1) is 13.2. The Morgan fingerprint density at radius 1 is 1.30 bits per heavy atom. The van der Waals surface area contributed by atoms with Gasteiger partial charge in [0.05, 0.1) is 35.6 Å². The molecule has 5 heterocycles. The molecule has 1 atom stereocenters. The van der Waals surface area contributed by atoms with E-state index in [4.69, 9.17) is 5.10 Å². The van der Waals surface area contributed by atoms with Crippen molar-refractivity contribution in [3.63, 3.8) is 0 Å². The molecule has 132 valence electrons. The summed E-state index contributed by atoms with van der Waals surface area (Å²) >= 11 is 0. The fourth-order valence-corrected chi connectivity index (χ4v) is 3.68. The predicted molar refractivity (Wildman–Crippen MR) is 98.2 cm³/mol. The van der Waals surface area contributed by atoms with E-state index >= 15 is 0 Å². The number of hydrogen-bond acceptors (Lipinski definition) is 6. The highest BCUT2D eigenvalue weighted by atomic mass is 15.3. The molecule has 0 radical (unpaired) electrons. The van der Waals surface area contributed by atoms with Gasteiger partial charge in [0.1, 0.15) is 17.9 Å². The average molecular weight is 356 g/mol. The summed E-state index contributed by atoms with van der Waals surface area (Å²) in [6.07, 6.45) is 5.69. The predicted octanol–water partition coefficient (Wildman–Crippen LogP) is 2.18. The van der Waals surface area contributed by atoms with Crippen LogP contribution in [0.1, 0.15) is 34.5 Å². The lowest BCUT2D eigenvalue weighted by Gasteiger charge is -2.34. The van der Waals surface area contributed by atoms with Crippen LogP contribution in [-0.4, -0.2) is 36.1 Å². The van der Waals surface area contributed by atoms with Crippen molar-refractivity contribution in [2.75, 3.05) is 11.4 Å². The SMILES string of the molecule is Cc1cccc2cc([C@@H]3c4nc[nH]c4CCN3c3cncc(C#N)n3)nn12. The topological polar surface area (TPSA) is 98.8 Å². The number of hydrogen-bond donors (Lipinski definition) is 1. The second-order valence-corrected chi connectivity index (χ2v) is 6.56. The van der Waals surface area contributed by atoms with Crippen molar-refractivity contribution < 1.29 is 0 Å². The number of aromatic nitrogens is 6. The summed E-state index contributed by atoms with van der Waals surface area (Å²) in [6.45, 7) is 2.76. The molecule has 1 aliphatic heterocycles. The molecule has 0 bridgehead atoms. The Bertz CT molecular complexity index is 1180. The van der Waals surface area contributed by atoms with Gasteiger partial charge in [-0.05, 0) is 25.1 Å². The van der Waals surface area contributed by atoms with Crippen LogP contribution in [0.4, 0.5) is 5.82 Å². The number of pyridine rings is 1. The van der Waals surface area contributed by atoms with Gasteiger partial charge in [-0.2, -0.15) is 10.4 Å². The van der Waals surface area contributed by atoms with Gasteiger partial charge in [-0.3, -0.25) is 4.98 Å². The maximum atomic E-state index is 9.19. The van der Waals surface area contributed by atoms with E-state index in [9.17, 15) is 5.26 Å². The van der Waals surface area contributed by atoms with Crippen molar-refractivity contribution in [1.82, 2.24) is 29.5 Å². The second-order valence-electron chi connectivity index (χ2n) is 6.56. The van der Waals surface area contributed by atoms with Crippen LogP contribution < -0.4 is 4.90 Å². The van der Waals surface area contributed by atoms with Crippen LogP contribution in [0.3, 0.4) is 0 Å². The molecular formula is C19H16N8.